The quantitative estimate of drug-likeness (QED) is 0.436. The van der Waals surface area contributed by atoms with Crippen LogP contribution in [0.5, 0.6) is 0 Å². The Balaban J connectivity index is 2.73. The molecule has 0 atom stereocenters. The van der Waals surface area contributed by atoms with Gasteiger partial charge in [-0.15, -0.1) is 0 Å². The molecule has 5 N–H and O–H groups in total. The molecule has 0 unspecified atom stereocenters. The molecule has 2 amide bonds. The van der Waals surface area contributed by atoms with Crippen molar-refractivity contribution in [1.82, 2.24) is 5.32 Å². The highest BCUT2D eigenvalue weighted by molar-refractivity contribution is 6.38. The monoisotopic (exact) mass is 168 g/mol. The molecule has 6 heteroatoms. The minimum Gasteiger partial charge on any atom is -0.364 e. The van der Waals surface area contributed by atoms with Gasteiger partial charge in [-0.05, 0) is 6.08 Å². The van der Waals surface area contributed by atoms with E-state index in [1.807, 2.05) is 0 Å². The Labute approximate surface area is 68.3 Å². The third-order valence-corrected chi connectivity index (χ3v) is 1.30. The van der Waals surface area contributed by atoms with Gasteiger partial charge < -0.3 is 16.8 Å². The summed E-state index contributed by atoms with van der Waals surface area (Å²) in [7, 11) is 0. The molecular formula is C6H8N4O2. The Hall–Kier alpha value is -1.85. The van der Waals surface area contributed by atoms with Crippen molar-refractivity contribution in [1.29, 1.82) is 0 Å². The summed E-state index contributed by atoms with van der Waals surface area (Å²) in [5.74, 6) is -1.38. The largest absolute Gasteiger partial charge is 0.364 e. The van der Waals surface area contributed by atoms with Crippen molar-refractivity contribution >= 4 is 17.6 Å². The topological polar surface area (TPSA) is 111 Å². The standard InChI is InChI=1S/C6H8N4O2/c7-4(11)3-1-2-9-6(10-3)5(8)12/h1H,2H2,(H2,7,11)(H2,8,12)(H,9,10). The summed E-state index contributed by atoms with van der Waals surface area (Å²) in [5, 5.41) is 2.41. The third kappa shape index (κ3) is 1.60. The summed E-state index contributed by atoms with van der Waals surface area (Å²) < 4.78 is 0. The zero-order valence-corrected chi connectivity index (χ0v) is 6.20. The predicted octanol–water partition coefficient (Wildman–Crippen LogP) is -2.16. The number of carbonyl (C=O) groups excluding carboxylic acids is 2. The van der Waals surface area contributed by atoms with E-state index in [-0.39, 0.29) is 18.1 Å². The number of nitrogens with one attached hydrogen (secondary N) is 1. The van der Waals surface area contributed by atoms with E-state index in [1.165, 1.54) is 6.08 Å². The second kappa shape index (κ2) is 3.04. The van der Waals surface area contributed by atoms with Crippen molar-refractivity contribution in [2.75, 3.05) is 6.54 Å². The molecule has 0 aliphatic carbocycles. The Morgan fingerprint density at radius 1 is 1.42 bits per heavy atom. The van der Waals surface area contributed by atoms with Crippen molar-refractivity contribution < 1.29 is 9.59 Å². The molecular weight excluding hydrogens is 160 g/mol. The second-order valence-electron chi connectivity index (χ2n) is 2.16. The van der Waals surface area contributed by atoms with Gasteiger partial charge in [0.1, 0.15) is 5.70 Å². The van der Waals surface area contributed by atoms with Crippen LogP contribution >= 0.6 is 0 Å². The van der Waals surface area contributed by atoms with E-state index in [0.717, 1.165) is 0 Å². The maximum absolute atomic E-state index is 10.6. The normalized spacial score (nSPS) is 15.7. The summed E-state index contributed by atoms with van der Waals surface area (Å²) in [6.45, 7) is 0.240. The number of hydrogen-bond acceptors (Lipinski definition) is 4. The number of nitrogens with two attached hydrogens (primary N) is 2. The highest BCUT2D eigenvalue weighted by Crippen LogP contribution is 1.95. The van der Waals surface area contributed by atoms with E-state index in [4.69, 9.17) is 11.5 Å². The molecule has 0 fully saturated rings. The van der Waals surface area contributed by atoms with Crippen LogP contribution in [0.2, 0.25) is 0 Å². The summed E-state index contributed by atoms with van der Waals surface area (Å²) in [5.41, 5.74) is 10.0. The molecule has 6 nitrogen and oxygen atoms in total. The first-order valence-electron chi connectivity index (χ1n) is 3.22. The molecule has 64 valence electrons. The van der Waals surface area contributed by atoms with Crippen LogP contribution in [0.25, 0.3) is 0 Å². The lowest BCUT2D eigenvalue weighted by Crippen LogP contribution is -2.41. The second-order valence-corrected chi connectivity index (χ2v) is 2.16. The van der Waals surface area contributed by atoms with Crippen molar-refractivity contribution in [3.05, 3.63) is 11.8 Å². The van der Waals surface area contributed by atoms with Crippen LogP contribution in [0.15, 0.2) is 16.8 Å². The summed E-state index contributed by atoms with van der Waals surface area (Å²) in [6, 6.07) is 0. The molecule has 0 spiro atoms. The number of aliphatic imine (C=N–C) groups is 1. The van der Waals surface area contributed by atoms with Gasteiger partial charge >= 0.3 is 0 Å². The van der Waals surface area contributed by atoms with Crippen molar-refractivity contribution in [3.8, 4) is 0 Å². The van der Waals surface area contributed by atoms with Gasteiger partial charge in [0.15, 0.2) is 5.84 Å². The van der Waals surface area contributed by atoms with E-state index < -0.39 is 11.8 Å². The molecule has 0 aromatic carbocycles. The SMILES string of the molecule is NC(=O)C1=CCN=C(C(N)=O)N1. The Kier molecular flexibility index (Phi) is 2.09. The van der Waals surface area contributed by atoms with Crippen LogP contribution < -0.4 is 16.8 Å². The number of amides is 2. The number of rotatable bonds is 2. The summed E-state index contributed by atoms with van der Waals surface area (Å²) in [6.07, 6.45) is 1.48. The summed E-state index contributed by atoms with van der Waals surface area (Å²) in [4.78, 5) is 24.9. The van der Waals surface area contributed by atoms with E-state index in [1.54, 1.807) is 0 Å². The first kappa shape index (κ1) is 8.25. The fraction of sp³-hybridized carbons (Fsp3) is 0.167. The van der Waals surface area contributed by atoms with Gasteiger partial charge in [-0.25, -0.2) is 0 Å². The van der Waals surface area contributed by atoms with Gasteiger partial charge in [-0.2, -0.15) is 0 Å². The first-order valence-corrected chi connectivity index (χ1v) is 3.22. The number of carbonyl (C=O) groups is 2. The van der Waals surface area contributed by atoms with Gasteiger partial charge in [-0.3, -0.25) is 14.6 Å². The predicted molar refractivity (Wildman–Crippen MR) is 41.9 cm³/mol. The zero-order chi connectivity index (χ0) is 9.14. The van der Waals surface area contributed by atoms with E-state index in [9.17, 15) is 9.59 Å². The molecule has 1 heterocycles. The van der Waals surface area contributed by atoms with E-state index in [2.05, 4.69) is 10.3 Å². The number of amidine groups is 1. The van der Waals surface area contributed by atoms with Crippen molar-refractivity contribution in [3.63, 3.8) is 0 Å². The van der Waals surface area contributed by atoms with E-state index >= 15 is 0 Å². The van der Waals surface area contributed by atoms with E-state index in [0.29, 0.717) is 0 Å². The maximum Gasteiger partial charge on any atom is 0.284 e. The molecule has 0 saturated heterocycles. The Bertz CT molecular complexity index is 264. The first-order chi connectivity index (χ1) is 5.61. The average molecular weight is 168 g/mol. The van der Waals surface area contributed by atoms with Gasteiger partial charge in [0.2, 0.25) is 0 Å². The minimum atomic E-state index is -0.707. The minimum absolute atomic E-state index is 0.0358. The van der Waals surface area contributed by atoms with Gasteiger partial charge in [-0.1, -0.05) is 0 Å². The Morgan fingerprint density at radius 2 is 2.08 bits per heavy atom. The van der Waals surface area contributed by atoms with Crippen LogP contribution in [-0.4, -0.2) is 24.2 Å². The molecule has 1 aliphatic heterocycles. The number of nitrogens with zero attached hydrogens (tertiary/aromatic N) is 1. The molecule has 0 aromatic rings. The van der Waals surface area contributed by atoms with Crippen LogP contribution in [-0.2, 0) is 9.59 Å². The lowest BCUT2D eigenvalue weighted by molar-refractivity contribution is -0.114. The summed E-state index contributed by atoms with van der Waals surface area (Å²) >= 11 is 0. The highest BCUT2D eigenvalue weighted by atomic mass is 16.2. The molecule has 0 aromatic heterocycles. The maximum atomic E-state index is 10.6. The van der Waals surface area contributed by atoms with Crippen LogP contribution in [0.1, 0.15) is 0 Å². The van der Waals surface area contributed by atoms with Crippen LogP contribution in [0.3, 0.4) is 0 Å². The zero-order valence-electron chi connectivity index (χ0n) is 6.20. The molecule has 1 aliphatic rings. The molecule has 0 saturated carbocycles. The number of primary amides is 2. The smallest absolute Gasteiger partial charge is 0.284 e. The Morgan fingerprint density at radius 3 is 2.58 bits per heavy atom. The lowest BCUT2D eigenvalue weighted by atomic mass is 10.3. The average Bonchev–Trinajstić information content (AvgIpc) is 2.04. The molecule has 1 rings (SSSR count). The van der Waals surface area contributed by atoms with Crippen LogP contribution in [0, 0.1) is 0 Å². The van der Waals surface area contributed by atoms with Crippen molar-refractivity contribution in [2.24, 2.45) is 16.5 Å². The number of hydrogen-bond donors (Lipinski definition) is 3. The fourth-order valence-corrected chi connectivity index (χ4v) is 0.748. The van der Waals surface area contributed by atoms with Crippen molar-refractivity contribution in [2.45, 2.75) is 0 Å². The molecule has 0 bridgehead atoms. The molecule has 12 heavy (non-hydrogen) atoms. The van der Waals surface area contributed by atoms with Gasteiger partial charge in [0.25, 0.3) is 11.8 Å². The van der Waals surface area contributed by atoms with Gasteiger partial charge in [0.05, 0.1) is 6.54 Å². The fourth-order valence-electron chi connectivity index (χ4n) is 0.748. The van der Waals surface area contributed by atoms with Crippen LogP contribution in [0.4, 0.5) is 0 Å². The van der Waals surface area contributed by atoms with Gasteiger partial charge in [0, 0.05) is 0 Å². The molecule has 0 radical (unpaired) electrons. The highest BCUT2D eigenvalue weighted by Gasteiger charge is 2.14. The lowest BCUT2D eigenvalue weighted by Gasteiger charge is -2.11. The third-order valence-electron chi connectivity index (χ3n) is 1.30.